The van der Waals surface area contributed by atoms with Crippen molar-refractivity contribution in [2.75, 3.05) is 13.7 Å². The molecule has 0 aliphatic carbocycles. The number of carbonyl (C=O) groups excluding carboxylic acids is 1. The monoisotopic (exact) mass is 226 g/mol. The van der Waals surface area contributed by atoms with E-state index >= 15 is 0 Å². The van der Waals surface area contributed by atoms with E-state index in [0.717, 1.165) is 5.56 Å². The second kappa shape index (κ2) is 6.23. The van der Waals surface area contributed by atoms with Crippen molar-refractivity contribution in [3.05, 3.63) is 35.6 Å². The highest BCUT2D eigenvalue weighted by Crippen LogP contribution is 2.23. The standard InChI is InChI=1S/C12H15FO3/c1-16-12(15)8-10(6-7-14)9-2-4-11(13)5-3-9/h2-5,10,14H,6-8H2,1H3/t10-/m0/s1. The van der Waals surface area contributed by atoms with Gasteiger partial charge in [-0.2, -0.15) is 0 Å². The van der Waals surface area contributed by atoms with Gasteiger partial charge in [-0.3, -0.25) is 4.79 Å². The number of hydrogen-bond donors (Lipinski definition) is 1. The molecule has 0 aliphatic heterocycles. The summed E-state index contributed by atoms with van der Waals surface area (Å²) in [6, 6.07) is 5.94. The first kappa shape index (κ1) is 12.6. The fraction of sp³-hybridized carbons (Fsp3) is 0.417. The molecule has 0 aliphatic rings. The van der Waals surface area contributed by atoms with Crippen LogP contribution in [0.5, 0.6) is 0 Å². The van der Waals surface area contributed by atoms with Crippen LogP contribution in [0.1, 0.15) is 24.3 Å². The third-order valence-corrected chi connectivity index (χ3v) is 2.46. The zero-order chi connectivity index (χ0) is 12.0. The van der Waals surface area contributed by atoms with E-state index in [0.29, 0.717) is 6.42 Å². The number of ether oxygens (including phenoxy) is 1. The predicted octanol–water partition coefficient (Wildman–Crippen LogP) is 1.85. The first-order valence-electron chi connectivity index (χ1n) is 5.10. The molecule has 0 fully saturated rings. The van der Waals surface area contributed by atoms with E-state index in [1.165, 1.54) is 19.2 Å². The zero-order valence-corrected chi connectivity index (χ0v) is 9.15. The number of hydrogen-bond acceptors (Lipinski definition) is 3. The lowest BCUT2D eigenvalue weighted by Crippen LogP contribution is -2.10. The zero-order valence-electron chi connectivity index (χ0n) is 9.15. The van der Waals surface area contributed by atoms with Crippen molar-refractivity contribution >= 4 is 5.97 Å². The molecular formula is C12H15FO3. The molecule has 0 aromatic heterocycles. The molecule has 1 aromatic carbocycles. The van der Waals surface area contributed by atoms with Crippen LogP contribution < -0.4 is 0 Å². The molecule has 3 nitrogen and oxygen atoms in total. The highest BCUT2D eigenvalue weighted by molar-refractivity contribution is 5.70. The van der Waals surface area contributed by atoms with Crippen molar-refractivity contribution in [1.29, 1.82) is 0 Å². The minimum absolute atomic E-state index is 0.0148. The van der Waals surface area contributed by atoms with Crippen LogP contribution in [0.2, 0.25) is 0 Å². The Hall–Kier alpha value is -1.42. The number of esters is 1. The number of halogens is 1. The molecule has 0 radical (unpaired) electrons. The Morgan fingerprint density at radius 3 is 2.56 bits per heavy atom. The first-order chi connectivity index (χ1) is 7.67. The van der Waals surface area contributed by atoms with Crippen LogP contribution in [0.25, 0.3) is 0 Å². The summed E-state index contributed by atoms with van der Waals surface area (Å²) in [6.45, 7) is -0.0148. The lowest BCUT2D eigenvalue weighted by molar-refractivity contribution is -0.141. The molecule has 0 unspecified atom stereocenters. The van der Waals surface area contributed by atoms with Crippen LogP contribution in [0.15, 0.2) is 24.3 Å². The van der Waals surface area contributed by atoms with Crippen LogP contribution in [0.3, 0.4) is 0 Å². The van der Waals surface area contributed by atoms with Crippen LogP contribution in [-0.4, -0.2) is 24.8 Å². The fourth-order valence-corrected chi connectivity index (χ4v) is 1.56. The molecule has 0 spiro atoms. The summed E-state index contributed by atoms with van der Waals surface area (Å²) in [5, 5.41) is 8.91. The summed E-state index contributed by atoms with van der Waals surface area (Å²) in [5.41, 5.74) is 0.834. The molecule has 0 saturated carbocycles. The summed E-state index contributed by atoms with van der Waals surface area (Å²) in [4.78, 5) is 11.2. The Kier molecular flexibility index (Phi) is 4.92. The van der Waals surface area contributed by atoms with Crippen molar-refractivity contribution in [3.63, 3.8) is 0 Å². The lowest BCUT2D eigenvalue weighted by Gasteiger charge is -2.14. The van der Waals surface area contributed by atoms with E-state index < -0.39 is 0 Å². The minimum atomic E-state index is -0.331. The molecule has 0 amide bonds. The number of rotatable bonds is 5. The van der Waals surface area contributed by atoms with Gasteiger partial charge < -0.3 is 9.84 Å². The van der Waals surface area contributed by atoms with E-state index in [2.05, 4.69) is 4.74 Å². The van der Waals surface area contributed by atoms with Gasteiger partial charge in [0.1, 0.15) is 5.82 Å². The molecule has 1 atom stereocenters. The van der Waals surface area contributed by atoms with Gasteiger partial charge in [-0.1, -0.05) is 12.1 Å². The van der Waals surface area contributed by atoms with Gasteiger partial charge in [0.2, 0.25) is 0 Å². The maximum atomic E-state index is 12.7. The van der Waals surface area contributed by atoms with Gasteiger partial charge in [0, 0.05) is 6.61 Å². The van der Waals surface area contributed by atoms with Gasteiger partial charge in [-0.25, -0.2) is 4.39 Å². The summed E-state index contributed by atoms with van der Waals surface area (Å²) < 4.78 is 17.3. The van der Waals surface area contributed by atoms with Crippen molar-refractivity contribution in [2.45, 2.75) is 18.8 Å². The lowest BCUT2D eigenvalue weighted by atomic mass is 9.93. The summed E-state index contributed by atoms with van der Waals surface area (Å²) in [5.74, 6) is -0.773. The van der Waals surface area contributed by atoms with Crippen LogP contribution in [0, 0.1) is 5.82 Å². The van der Waals surface area contributed by atoms with Crippen molar-refractivity contribution in [2.24, 2.45) is 0 Å². The topological polar surface area (TPSA) is 46.5 Å². The van der Waals surface area contributed by atoms with E-state index in [4.69, 9.17) is 5.11 Å². The molecule has 1 N–H and O–H groups in total. The maximum absolute atomic E-state index is 12.7. The number of methoxy groups -OCH3 is 1. The van der Waals surface area contributed by atoms with E-state index in [1.807, 2.05) is 0 Å². The number of aliphatic hydroxyl groups excluding tert-OH is 1. The molecule has 1 aromatic rings. The highest BCUT2D eigenvalue weighted by atomic mass is 19.1. The summed E-state index contributed by atoms with van der Waals surface area (Å²) in [6.07, 6.45) is 0.656. The molecule has 0 bridgehead atoms. The van der Waals surface area contributed by atoms with E-state index in [-0.39, 0.29) is 30.7 Å². The molecule has 16 heavy (non-hydrogen) atoms. The Morgan fingerprint density at radius 2 is 2.06 bits per heavy atom. The minimum Gasteiger partial charge on any atom is -0.469 e. The molecule has 0 heterocycles. The van der Waals surface area contributed by atoms with Gasteiger partial charge in [0.25, 0.3) is 0 Å². The first-order valence-corrected chi connectivity index (χ1v) is 5.10. The number of aliphatic hydroxyl groups is 1. The molecule has 88 valence electrons. The van der Waals surface area contributed by atoms with E-state index in [1.54, 1.807) is 12.1 Å². The SMILES string of the molecule is COC(=O)C[C@H](CCO)c1ccc(F)cc1. The second-order valence-electron chi connectivity index (χ2n) is 3.54. The Bertz CT molecular complexity index is 335. The number of benzene rings is 1. The maximum Gasteiger partial charge on any atom is 0.306 e. The van der Waals surface area contributed by atoms with Crippen LogP contribution in [0.4, 0.5) is 4.39 Å². The average Bonchev–Trinajstić information content (AvgIpc) is 2.29. The molecule has 4 heteroatoms. The van der Waals surface area contributed by atoms with Crippen LogP contribution in [-0.2, 0) is 9.53 Å². The Labute approximate surface area is 93.9 Å². The van der Waals surface area contributed by atoms with Gasteiger partial charge in [-0.15, -0.1) is 0 Å². The molecular weight excluding hydrogens is 211 g/mol. The van der Waals surface area contributed by atoms with Crippen LogP contribution >= 0.6 is 0 Å². The largest absolute Gasteiger partial charge is 0.469 e. The Morgan fingerprint density at radius 1 is 1.44 bits per heavy atom. The quantitative estimate of drug-likeness (QED) is 0.779. The summed E-state index contributed by atoms with van der Waals surface area (Å²) >= 11 is 0. The van der Waals surface area contributed by atoms with Gasteiger partial charge in [0.05, 0.1) is 13.5 Å². The Balaban J connectivity index is 2.76. The van der Waals surface area contributed by atoms with Crippen molar-refractivity contribution in [1.82, 2.24) is 0 Å². The fourth-order valence-electron chi connectivity index (χ4n) is 1.56. The molecule has 0 saturated heterocycles. The predicted molar refractivity (Wildman–Crippen MR) is 57.5 cm³/mol. The summed E-state index contributed by atoms with van der Waals surface area (Å²) in [7, 11) is 1.32. The van der Waals surface area contributed by atoms with Crippen molar-refractivity contribution < 1.29 is 19.0 Å². The van der Waals surface area contributed by atoms with Gasteiger partial charge in [0.15, 0.2) is 0 Å². The smallest absolute Gasteiger partial charge is 0.306 e. The normalized spacial score (nSPS) is 12.2. The third-order valence-electron chi connectivity index (χ3n) is 2.46. The third kappa shape index (κ3) is 3.62. The highest BCUT2D eigenvalue weighted by Gasteiger charge is 2.15. The molecule has 1 rings (SSSR count). The van der Waals surface area contributed by atoms with E-state index in [9.17, 15) is 9.18 Å². The second-order valence-corrected chi connectivity index (χ2v) is 3.54. The van der Waals surface area contributed by atoms with Gasteiger partial charge >= 0.3 is 5.97 Å². The van der Waals surface area contributed by atoms with Gasteiger partial charge in [-0.05, 0) is 30.0 Å². The average molecular weight is 226 g/mol. The number of carbonyl (C=O) groups is 1. The van der Waals surface area contributed by atoms with Crippen molar-refractivity contribution in [3.8, 4) is 0 Å².